The van der Waals surface area contributed by atoms with E-state index in [1.54, 1.807) is 7.05 Å². The molecule has 1 fully saturated rings. The second kappa shape index (κ2) is 9.81. The number of alkyl carbamates (subject to hydrolysis) is 1. The Bertz CT molecular complexity index is 543. The zero-order valence-corrected chi connectivity index (χ0v) is 16.4. The Kier molecular flexibility index (Phi) is 8.43. The first-order valence-corrected chi connectivity index (χ1v) is 10.3. The Labute approximate surface area is 150 Å². The minimum Gasteiger partial charge on any atom is -0.444 e. The average Bonchev–Trinajstić information content (AvgIpc) is 2.49. The number of hydrogen-bond donors (Lipinski definition) is 3. The van der Waals surface area contributed by atoms with Crippen molar-refractivity contribution in [2.24, 2.45) is 4.99 Å². The number of guanidine groups is 1. The van der Waals surface area contributed by atoms with Crippen LogP contribution in [0.2, 0.25) is 0 Å². The summed E-state index contributed by atoms with van der Waals surface area (Å²) in [5, 5.41) is 8.92. The second-order valence-electron chi connectivity index (χ2n) is 6.85. The predicted molar refractivity (Wildman–Crippen MR) is 98.7 cm³/mol. The summed E-state index contributed by atoms with van der Waals surface area (Å²) in [6, 6.07) is 0. The number of carbonyl (C=O) groups is 1. The number of ether oxygens (including phenoxy) is 1. The van der Waals surface area contributed by atoms with Crippen LogP contribution in [-0.4, -0.2) is 88.8 Å². The lowest BCUT2D eigenvalue weighted by Gasteiger charge is -2.26. The van der Waals surface area contributed by atoms with E-state index >= 15 is 0 Å². The molecule has 1 heterocycles. The highest BCUT2D eigenvalue weighted by Gasteiger charge is 2.21. The van der Waals surface area contributed by atoms with Crippen molar-refractivity contribution in [3.8, 4) is 0 Å². The van der Waals surface area contributed by atoms with Crippen LogP contribution in [0.3, 0.4) is 0 Å². The highest BCUT2D eigenvalue weighted by Crippen LogP contribution is 2.06. The highest BCUT2D eigenvalue weighted by molar-refractivity contribution is 7.91. The lowest BCUT2D eigenvalue weighted by atomic mass is 10.2. The van der Waals surface area contributed by atoms with E-state index in [1.807, 2.05) is 20.8 Å². The third-order valence-electron chi connectivity index (χ3n) is 3.47. The van der Waals surface area contributed by atoms with Gasteiger partial charge in [-0.1, -0.05) is 0 Å². The first-order chi connectivity index (χ1) is 11.6. The smallest absolute Gasteiger partial charge is 0.407 e. The molecule has 0 aromatic carbocycles. The first kappa shape index (κ1) is 21.5. The van der Waals surface area contributed by atoms with Gasteiger partial charge in [0.05, 0.1) is 11.5 Å². The fraction of sp³-hybridized carbons (Fsp3) is 0.867. The molecule has 0 spiro atoms. The molecular weight excluding hydrogens is 346 g/mol. The molecule has 3 N–H and O–H groups in total. The third kappa shape index (κ3) is 10.1. The maximum atomic E-state index is 11.5. The Morgan fingerprint density at radius 3 is 2.20 bits per heavy atom. The zero-order chi connectivity index (χ0) is 18.9. The van der Waals surface area contributed by atoms with Gasteiger partial charge in [-0.25, -0.2) is 13.2 Å². The van der Waals surface area contributed by atoms with E-state index in [2.05, 4.69) is 25.8 Å². The summed E-state index contributed by atoms with van der Waals surface area (Å²) in [4.78, 5) is 17.7. The lowest BCUT2D eigenvalue weighted by Crippen LogP contribution is -2.47. The van der Waals surface area contributed by atoms with Crippen molar-refractivity contribution < 1.29 is 17.9 Å². The summed E-state index contributed by atoms with van der Waals surface area (Å²) in [5.74, 6) is 1.10. The fourth-order valence-electron chi connectivity index (χ4n) is 2.19. The van der Waals surface area contributed by atoms with Crippen LogP contribution in [0.4, 0.5) is 4.79 Å². The molecule has 0 unspecified atom stereocenters. The quantitative estimate of drug-likeness (QED) is 0.322. The number of amides is 1. The number of aliphatic imine (C=N–C) groups is 1. The summed E-state index contributed by atoms with van der Waals surface area (Å²) in [7, 11) is -1.17. The van der Waals surface area contributed by atoms with E-state index in [1.165, 1.54) is 0 Å². The number of rotatable bonds is 6. The predicted octanol–water partition coefficient (Wildman–Crippen LogP) is -0.593. The molecule has 0 aromatic heterocycles. The van der Waals surface area contributed by atoms with Gasteiger partial charge in [-0.3, -0.25) is 9.89 Å². The van der Waals surface area contributed by atoms with Gasteiger partial charge in [0.2, 0.25) is 0 Å². The van der Waals surface area contributed by atoms with E-state index < -0.39 is 21.5 Å². The van der Waals surface area contributed by atoms with E-state index in [-0.39, 0.29) is 11.5 Å². The van der Waals surface area contributed by atoms with E-state index in [9.17, 15) is 13.2 Å². The molecule has 10 heteroatoms. The molecule has 1 aliphatic heterocycles. The summed E-state index contributed by atoms with van der Waals surface area (Å²) < 4.78 is 27.9. The standard InChI is InChI=1S/C15H31N5O4S/c1-15(2,3)24-14(21)19-6-5-17-13(16-4)18-7-8-20-9-11-25(22,23)12-10-20/h5-12H2,1-4H3,(H,19,21)(H2,16,17,18). The van der Waals surface area contributed by atoms with E-state index in [4.69, 9.17) is 4.74 Å². The Morgan fingerprint density at radius 1 is 1.08 bits per heavy atom. The van der Waals surface area contributed by atoms with Gasteiger partial charge in [0.15, 0.2) is 15.8 Å². The lowest BCUT2D eigenvalue weighted by molar-refractivity contribution is 0.0529. The number of nitrogens with zero attached hydrogens (tertiary/aromatic N) is 2. The van der Waals surface area contributed by atoms with Gasteiger partial charge in [0.1, 0.15) is 5.60 Å². The number of nitrogens with one attached hydrogen (secondary N) is 3. The van der Waals surface area contributed by atoms with Crippen molar-refractivity contribution in [1.29, 1.82) is 0 Å². The molecular formula is C15H31N5O4S. The molecule has 0 aliphatic carbocycles. The minimum atomic E-state index is -2.84. The van der Waals surface area contributed by atoms with Gasteiger partial charge in [-0.15, -0.1) is 0 Å². The molecule has 1 rings (SSSR count). The Morgan fingerprint density at radius 2 is 1.64 bits per heavy atom. The summed E-state index contributed by atoms with van der Waals surface area (Å²) in [6.45, 7) is 8.95. The van der Waals surface area contributed by atoms with Crippen LogP contribution >= 0.6 is 0 Å². The average molecular weight is 378 g/mol. The molecule has 1 saturated heterocycles. The normalized spacial score (nSPS) is 18.5. The topological polar surface area (TPSA) is 112 Å². The molecule has 0 bridgehead atoms. The van der Waals surface area contributed by atoms with Gasteiger partial charge >= 0.3 is 6.09 Å². The molecule has 1 aliphatic rings. The van der Waals surface area contributed by atoms with Crippen molar-refractivity contribution in [1.82, 2.24) is 20.9 Å². The van der Waals surface area contributed by atoms with E-state index in [0.29, 0.717) is 38.7 Å². The van der Waals surface area contributed by atoms with Crippen molar-refractivity contribution in [2.45, 2.75) is 26.4 Å². The van der Waals surface area contributed by atoms with Crippen molar-refractivity contribution >= 4 is 21.9 Å². The van der Waals surface area contributed by atoms with Crippen LogP contribution in [0.5, 0.6) is 0 Å². The SMILES string of the molecule is CN=C(NCCNC(=O)OC(C)(C)C)NCCN1CCS(=O)(=O)CC1. The van der Waals surface area contributed by atoms with Crippen molar-refractivity contribution in [3.63, 3.8) is 0 Å². The van der Waals surface area contributed by atoms with Crippen LogP contribution in [0.1, 0.15) is 20.8 Å². The van der Waals surface area contributed by atoms with Gasteiger partial charge in [-0.05, 0) is 20.8 Å². The first-order valence-electron chi connectivity index (χ1n) is 8.45. The second-order valence-corrected chi connectivity index (χ2v) is 9.15. The number of carbonyl (C=O) groups excluding carboxylic acids is 1. The Hall–Kier alpha value is -1.55. The third-order valence-corrected chi connectivity index (χ3v) is 5.08. The number of hydrogen-bond acceptors (Lipinski definition) is 6. The molecule has 9 nitrogen and oxygen atoms in total. The zero-order valence-electron chi connectivity index (χ0n) is 15.6. The van der Waals surface area contributed by atoms with Gasteiger partial charge in [0.25, 0.3) is 0 Å². The van der Waals surface area contributed by atoms with E-state index in [0.717, 1.165) is 6.54 Å². The van der Waals surface area contributed by atoms with Crippen molar-refractivity contribution in [2.75, 3.05) is 57.8 Å². The van der Waals surface area contributed by atoms with Crippen LogP contribution in [0.15, 0.2) is 4.99 Å². The molecule has 146 valence electrons. The van der Waals surface area contributed by atoms with Crippen molar-refractivity contribution in [3.05, 3.63) is 0 Å². The molecule has 0 radical (unpaired) electrons. The molecule has 0 saturated carbocycles. The number of sulfone groups is 1. The minimum absolute atomic E-state index is 0.232. The maximum Gasteiger partial charge on any atom is 0.407 e. The summed E-state index contributed by atoms with van der Waals surface area (Å²) in [5.41, 5.74) is -0.511. The van der Waals surface area contributed by atoms with Gasteiger partial charge < -0.3 is 20.7 Å². The molecule has 0 atom stereocenters. The monoisotopic (exact) mass is 377 g/mol. The highest BCUT2D eigenvalue weighted by atomic mass is 32.2. The summed E-state index contributed by atoms with van der Waals surface area (Å²) >= 11 is 0. The molecule has 0 aromatic rings. The maximum absolute atomic E-state index is 11.5. The molecule has 25 heavy (non-hydrogen) atoms. The fourth-order valence-corrected chi connectivity index (χ4v) is 3.46. The largest absolute Gasteiger partial charge is 0.444 e. The van der Waals surface area contributed by atoms with Crippen LogP contribution in [0.25, 0.3) is 0 Å². The van der Waals surface area contributed by atoms with Crippen LogP contribution < -0.4 is 16.0 Å². The van der Waals surface area contributed by atoms with Gasteiger partial charge in [0, 0.05) is 46.3 Å². The summed E-state index contributed by atoms with van der Waals surface area (Å²) in [6.07, 6.45) is -0.447. The van der Waals surface area contributed by atoms with Crippen LogP contribution in [-0.2, 0) is 14.6 Å². The Balaban J connectivity index is 2.14. The van der Waals surface area contributed by atoms with Crippen LogP contribution in [0, 0.1) is 0 Å². The molecule has 1 amide bonds. The van der Waals surface area contributed by atoms with Gasteiger partial charge in [-0.2, -0.15) is 0 Å².